The molecule has 1 heterocycles. The molecular weight excluding hydrogens is 254 g/mol. The number of hydrogen-bond donors (Lipinski definition) is 1. The fraction of sp³-hybridized carbons (Fsp3) is 0.800. The van der Waals surface area contributed by atoms with Crippen LogP contribution in [0.2, 0.25) is 0 Å². The van der Waals surface area contributed by atoms with E-state index in [-0.39, 0.29) is 0 Å². The van der Waals surface area contributed by atoms with Crippen LogP contribution >= 0.6 is 0 Å². The molecule has 0 aliphatic carbocycles. The number of nitrogens with one attached hydrogen (secondary N) is 1. The van der Waals surface area contributed by atoms with Crippen molar-refractivity contribution < 1.29 is 9.47 Å². The van der Waals surface area contributed by atoms with Gasteiger partial charge in [-0.15, -0.1) is 6.58 Å². The maximum atomic E-state index is 5.87. The van der Waals surface area contributed by atoms with Crippen LogP contribution in [0.1, 0.15) is 26.2 Å². The van der Waals surface area contributed by atoms with Crippen LogP contribution in [-0.2, 0) is 9.47 Å². The Morgan fingerprint density at radius 3 is 2.75 bits per heavy atom. The van der Waals surface area contributed by atoms with Crippen molar-refractivity contribution >= 4 is 5.96 Å². The van der Waals surface area contributed by atoms with Gasteiger partial charge in [-0.05, 0) is 26.2 Å². The van der Waals surface area contributed by atoms with Crippen LogP contribution < -0.4 is 5.32 Å². The number of piperidine rings is 1. The summed E-state index contributed by atoms with van der Waals surface area (Å²) in [7, 11) is 1.73. The molecule has 116 valence electrons. The molecule has 0 radical (unpaired) electrons. The van der Waals surface area contributed by atoms with Crippen molar-refractivity contribution in [1.82, 2.24) is 10.2 Å². The van der Waals surface area contributed by atoms with Gasteiger partial charge in [0, 0.05) is 40.0 Å². The molecular formula is C15H29N3O2. The summed E-state index contributed by atoms with van der Waals surface area (Å²) >= 11 is 0. The van der Waals surface area contributed by atoms with Crippen LogP contribution in [0.4, 0.5) is 0 Å². The van der Waals surface area contributed by atoms with E-state index < -0.39 is 0 Å². The molecule has 1 saturated heterocycles. The number of methoxy groups -OCH3 is 1. The van der Waals surface area contributed by atoms with Gasteiger partial charge in [0.15, 0.2) is 5.96 Å². The molecule has 0 amide bonds. The Morgan fingerprint density at radius 2 is 2.15 bits per heavy atom. The Kier molecular flexibility index (Phi) is 9.07. The first-order valence-electron chi connectivity index (χ1n) is 7.56. The molecule has 1 aliphatic heterocycles. The standard InChI is InChI=1S/C15H29N3O2/c1-4-9-17-15(16-5-2)18-10-7-14(8-11-18)20-13-6-12-19-3/h4,14H,1,5-13H2,2-3H3,(H,16,17). The van der Waals surface area contributed by atoms with Crippen LogP contribution in [0.15, 0.2) is 17.6 Å². The van der Waals surface area contributed by atoms with E-state index in [1.165, 1.54) is 0 Å². The second kappa shape index (κ2) is 10.7. The highest BCUT2D eigenvalue weighted by atomic mass is 16.5. The van der Waals surface area contributed by atoms with Gasteiger partial charge in [-0.25, -0.2) is 4.99 Å². The minimum atomic E-state index is 0.380. The average molecular weight is 283 g/mol. The molecule has 0 bridgehead atoms. The zero-order valence-corrected chi connectivity index (χ0v) is 12.9. The molecule has 5 nitrogen and oxygen atoms in total. The van der Waals surface area contributed by atoms with Crippen molar-refractivity contribution in [1.29, 1.82) is 0 Å². The van der Waals surface area contributed by atoms with Gasteiger partial charge in [0.1, 0.15) is 0 Å². The van der Waals surface area contributed by atoms with Crippen molar-refractivity contribution in [3.8, 4) is 0 Å². The Bertz CT molecular complexity index is 287. The Hall–Kier alpha value is -1.07. The molecule has 1 N–H and O–H groups in total. The summed E-state index contributed by atoms with van der Waals surface area (Å²) in [6, 6.07) is 0. The maximum absolute atomic E-state index is 5.87. The molecule has 20 heavy (non-hydrogen) atoms. The summed E-state index contributed by atoms with van der Waals surface area (Å²) in [5.74, 6) is 0.991. The van der Waals surface area contributed by atoms with Crippen LogP contribution in [-0.4, -0.2) is 63.5 Å². The van der Waals surface area contributed by atoms with Gasteiger partial charge < -0.3 is 19.7 Å². The van der Waals surface area contributed by atoms with Crippen molar-refractivity contribution in [2.75, 3.05) is 46.5 Å². The third kappa shape index (κ3) is 6.39. The fourth-order valence-electron chi connectivity index (χ4n) is 2.26. The molecule has 0 saturated carbocycles. The van der Waals surface area contributed by atoms with E-state index in [1.54, 1.807) is 7.11 Å². The zero-order chi connectivity index (χ0) is 14.6. The van der Waals surface area contributed by atoms with E-state index in [2.05, 4.69) is 28.7 Å². The van der Waals surface area contributed by atoms with E-state index in [9.17, 15) is 0 Å². The van der Waals surface area contributed by atoms with Crippen LogP contribution in [0.25, 0.3) is 0 Å². The largest absolute Gasteiger partial charge is 0.385 e. The number of guanidine groups is 1. The van der Waals surface area contributed by atoms with E-state index in [1.807, 2.05) is 6.08 Å². The molecule has 0 aromatic rings. The molecule has 0 spiro atoms. The lowest BCUT2D eigenvalue weighted by molar-refractivity contribution is 0.00991. The van der Waals surface area contributed by atoms with Gasteiger partial charge in [0.25, 0.3) is 0 Å². The summed E-state index contributed by atoms with van der Waals surface area (Å²) in [4.78, 5) is 6.83. The highest BCUT2D eigenvalue weighted by molar-refractivity contribution is 5.80. The van der Waals surface area contributed by atoms with Crippen molar-refractivity contribution in [2.45, 2.75) is 32.3 Å². The summed E-state index contributed by atoms with van der Waals surface area (Å²) < 4.78 is 10.9. The van der Waals surface area contributed by atoms with Gasteiger partial charge in [0.2, 0.25) is 0 Å². The minimum Gasteiger partial charge on any atom is -0.385 e. The summed E-state index contributed by atoms with van der Waals surface area (Å²) in [5.41, 5.74) is 0. The SMILES string of the molecule is C=CCN=C(NCC)N1CCC(OCCCOC)CC1. The molecule has 1 rings (SSSR count). The Morgan fingerprint density at radius 1 is 1.40 bits per heavy atom. The smallest absolute Gasteiger partial charge is 0.194 e. The van der Waals surface area contributed by atoms with Gasteiger partial charge in [0.05, 0.1) is 12.6 Å². The van der Waals surface area contributed by atoms with E-state index in [0.29, 0.717) is 12.6 Å². The van der Waals surface area contributed by atoms with Crippen LogP contribution in [0.5, 0.6) is 0 Å². The van der Waals surface area contributed by atoms with E-state index in [4.69, 9.17) is 9.47 Å². The Balaban J connectivity index is 2.30. The second-order valence-electron chi connectivity index (χ2n) is 4.89. The first-order chi connectivity index (χ1) is 9.81. The highest BCUT2D eigenvalue weighted by Gasteiger charge is 2.21. The lowest BCUT2D eigenvalue weighted by Gasteiger charge is -2.34. The van der Waals surface area contributed by atoms with Crippen molar-refractivity contribution in [3.05, 3.63) is 12.7 Å². The first kappa shape index (κ1) is 17.0. The van der Waals surface area contributed by atoms with E-state index >= 15 is 0 Å². The number of nitrogens with zero attached hydrogens (tertiary/aromatic N) is 2. The summed E-state index contributed by atoms with van der Waals surface area (Å²) in [6.07, 6.45) is 5.30. The number of aliphatic imine (C=N–C) groups is 1. The van der Waals surface area contributed by atoms with Crippen molar-refractivity contribution in [2.24, 2.45) is 4.99 Å². The third-order valence-electron chi connectivity index (χ3n) is 3.29. The number of hydrogen-bond acceptors (Lipinski definition) is 3. The number of ether oxygens (including phenoxy) is 2. The quantitative estimate of drug-likeness (QED) is 0.318. The highest BCUT2D eigenvalue weighted by Crippen LogP contribution is 2.14. The molecule has 0 aromatic carbocycles. The monoisotopic (exact) mass is 283 g/mol. The fourth-order valence-corrected chi connectivity index (χ4v) is 2.26. The normalized spacial score (nSPS) is 17.3. The average Bonchev–Trinajstić information content (AvgIpc) is 2.49. The first-order valence-corrected chi connectivity index (χ1v) is 7.56. The molecule has 0 aromatic heterocycles. The molecule has 1 fully saturated rings. The number of likely N-dealkylation sites (tertiary alicyclic amines) is 1. The molecule has 0 unspecified atom stereocenters. The van der Waals surface area contributed by atoms with Crippen molar-refractivity contribution in [3.63, 3.8) is 0 Å². The van der Waals surface area contributed by atoms with Gasteiger partial charge in [-0.1, -0.05) is 6.08 Å². The summed E-state index contributed by atoms with van der Waals surface area (Å²) in [6.45, 7) is 10.9. The number of rotatable bonds is 8. The topological polar surface area (TPSA) is 46.1 Å². The molecule has 1 aliphatic rings. The minimum absolute atomic E-state index is 0.380. The summed E-state index contributed by atoms with van der Waals surface area (Å²) in [5, 5.41) is 3.33. The van der Waals surface area contributed by atoms with Gasteiger partial charge in [-0.2, -0.15) is 0 Å². The van der Waals surface area contributed by atoms with E-state index in [0.717, 1.165) is 58.1 Å². The van der Waals surface area contributed by atoms with Crippen LogP contribution in [0.3, 0.4) is 0 Å². The Labute approximate surface area is 123 Å². The second-order valence-corrected chi connectivity index (χ2v) is 4.89. The lowest BCUT2D eigenvalue weighted by atomic mass is 10.1. The predicted molar refractivity (Wildman–Crippen MR) is 83.2 cm³/mol. The zero-order valence-electron chi connectivity index (χ0n) is 12.9. The lowest BCUT2D eigenvalue weighted by Crippen LogP contribution is -2.47. The van der Waals surface area contributed by atoms with Gasteiger partial charge in [-0.3, -0.25) is 0 Å². The van der Waals surface area contributed by atoms with Gasteiger partial charge >= 0.3 is 0 Å². The maximum Gasteiger partial charge on any atom is 0.194 e. The molecule has 5 heteroatoms. The predicted octanol–water partition coefficient (Wildman–Crippen LogP) is 1.66. The van der Waals surface area contributed by atoms with Crippen LogP contribution in [0, 0.1) is 0 Å². The third-order valence-corrected chi connectivity index (χ3v) is 3.29. The molecule has 0 atom stereocenters.